The molecule has 5 N–H and O–H groups in total. The van der Waals surface area contributed by atoms with E-state index in [1.54, 1.807) is 0 Å². The molecule has 0 aliphatic carbocycles. The molecule has 0 amide bonds. The van der Waals surface area contributed by atoms with Gasteiger partial charge in [0.2, 0.25) is 0 Å². The second-order valence-electron chi connectivity index (χ2n) is 3.37. The zero-order valence-corrected chi connectivity index (χ0v) is 8.01. The molecule has 0 spiro atoms. The maximum absolute atomic E-state index is 9.28. The molecule has 0 aliphatic heterocycles. The normalized spacial score (nSPS) is 18.7. The van der Waals surface area contributed by atoms with Crippen molar-refractivity contribution in [2.24, 2.45) is 0 Å². The van der Waals surface area contributed by atoms with Gasteiger partial charge in [0.05, 0.1) is 12.7 Å². The Morgan fingerprint density at radius 1 is 1.08 bits per heavy atom. The van der Waals surface area contributed by atoms with Gasteiger partial charge in [0.15, 0.2) is 0 Å². The lowest BCUT2D eigenvalue weighted by Gasteiger charge is -2.22. The van der Waals surface area contributed by atoms with E-state index in [9.17, 15) is 10.2 Å². The first kappa shape index (κ1) is 12.8. The van der Waals surface area contributed by atoms with E-state index in [4.69, 9.17) is 10.2 Å². The van der Waals surface area contributed by atoms with Gasteiger partial charge in [-0.3, -0.25) is 0 Å². The van der Waals surface area contributed by atoms with Crippen molar-refractivity contribution in [1.29, 1.82) is 0 Å². The van der Waals surface area contributed by atoms with Crippen LogP contribution in [-0.4, -0.2) is 57.9 Å². The maximum atomic E-state index is 9.28. The molecule has 3 atom stereocenters. The van der Waals surface area contributed by atoms with Gasteiger partial charge in [0.25, 0.3) is 0 Å². The van der Waals surface area contributed by atoms with Crippen LogP contribution in [0.2, 0.25) is 0 Å². The molecule has 0 fully saturated rings. The molecule has 5 heteroatoms. The third-order valence-electron chi connectivity index (χ3n) is 1.71. The van der Waals surface area contributed by atoms with Crippen LogP contribution in [0.15, 0.2) is 0 Å². The average molecular weight is 193 g/mol. The van der Waals surface area contributed by atoms with Gasteiger partial charge in [-0.05, 0) is 0 Å². The summed E-state index contributed by atoms with van der Waals surface area (Å²) in [6, 6.07) is 0.202. The Labute approximate surface area is 78.0 Å². The smallest absolute Gasteiger partial charge is 0.109 e. The van der Waals surface area contributed by atoms with Crippen molar-refractivity contribution < 1.29 is 20.4 Å². The molecule has 0 saturated heterocycles. The third-order valence-corrected chi connectivity index (χ3v) is 1.71. The third kappa shape index (κ3) is 5.17. The number of hydrogen-bond acceptors (Lipinski definition) is 5. The van der Waals surface area contributed by atoms with Crippen LogP contribution in [0.3, 0.4) is 0 Å². The fourth-order valence-electron chi connectivity index (χ4n) is 0.842. The molecule has 3 unspecified atom stereocenters. The lowest BCUT2D eigenvalue weighted by atomic mass is 10.1. The van der Waals surface area contributed by atoms with Crippen LogP contribution < -0.4 is 5.32 Å². The van der Waals surface area contributed by atoms with E-state index in [1.807, 2.05) is 13.8 Å². The molecule has 0 radical (unpaired) electrons. The molecule has 0 heterocycles. The highest BCUT2D eigenvalue weighted by atomic mass is 16.4. The van der Waals surface area contributed by atoms with Gasteiger partial charge in [-0.15, -0.1) is 0 Å². The summed E-state index contributed by atoms with van der Waals surface area (Å²) in [7, 11) is 0. The topological polar surface area (TPSA) is 93.0 Å². The number of aliphatic hydroxyl groups excluding tert-OH is 4. The van der Waals surface area contributed by atoms with Crippen LogP contribution in [-0.2, 0) is 0 Å². The highest BCUT2D eigenvalue weighted by Gasteiger charge is 2.23. The van der Waals surface area contributed by atoms with E-state index in [-0.39, 0.29) is 12.6 Å². The SMILES string of the molecule is CC(C)NCC(O)C(O)C(O)CO. The summed E-state index contributed by atoms with van der Waals surface area (Å²) in [5.74, 6) is 0. The predicted molar refractivity (Wildman–Crippen MR) is 48.2 cm³/mol. The molecular formula is C8H19NO4. The van der Waals surface area contributed by atoms with E-state index < -0.39 is 24.9 Å². The highest BCUT2D eigenvalue weighted by molar-refractivity contribution is 4.76. The summed E-state index contributed by atoms with van der Waals surface area (Å²) in [6.07, 6.45) is -3.66. The largest absolute Gasteiger partial charge is 0.394 e. The van der Waals surface area contributed by atoms with E-state index in [2.05, 4.69) is 5.32 Å². The Morgan fingerprint density at radius 3 is 2.00 bits per heavy atom. The van der Waals surface area contributed by atoms with E-state index in [0.29, 0.717) is 0 Å². The van der Waals surface area contributed by atoms with Crippen molar-refractivity contribution in [3.63, 3.8) is 0 Å². The minimum Gasteiger partial charge on any atom is -0.394 e. The summed E-state index contributed by atoms with van der Waals surface area (Å²) in [4.78, 5) is 0. The van der Waals surface area contributed by atoms with Gasteiger partial charge >= 0.3 is 0 Å². The molecule has 5 nitrogen and oxygen atoms in total. The molecule has 13 heavy (non-hydrogen) atoms. The van der Waals surface area contributed by atoms with Crippen LogP contribution in [0.1, 0.15) is 13.8 Å². The van der Waals surface area contributed by atoms with Crippen LogP contribution >= 0.6 is 0 Å². The molecule has 0 aromatic heterocycles. The van der Waals surface area contributed by atoms with Crippen molar-refractivity contribution in [2.75, 3.05) is 13.2 Å². The summed E-state index contributed by atoms with van der Waals surface area (Å²) in [5, 5.41) is 38.9. The zero-order chi connectivity index (χ0) is 10.4. The first-order chi connectivity index (χ1) is 5.99. The van der Waals surface area contributed by atoms with E-state index in [0.717, 1.165) is 0 Å². The minimum atomic E-state index is -1.31. The van der Waals surface area contributed by atoms with Crippen molar-refractivity contribution in [3.05, 3.63) is 0 Å². The first-order valence-corrected chi connectivity index (χ1v) is 4.37. The Bertz CT molecular complexity index is 131. The second kappa shape index (κ2) is 6.28. The van der Waals surface area contributed by atoms with Crippen LogP contribution in [0.25, 0.3) is 0 Å². The van der Waals surface area contributed by atoms with Crippen LogP contribution in [0.4, 0.5) is 0 Å². The molecule has 0 bridgehead atoms. The van der Waals surface area contributed by atoms with Gasteiger partial charge in [0.1, 0.15) is 12.2 Å². The molecule has 0 aromatic carbocycles. The zero-order valence-electron chi connectivity index (χ0n) is 8.01. The molecule has 0 aliphatic rings. The number of aliphatic hydroxyl groups is 4. The summed E-state index contributed by atoms with van der Waals surface area (Å²) in [5.41, 5.74) is 0. The predicted octanol–water partition coefficient (Wildman–Crippen LogP) is -1.94. The quantitative estimate of drug-likeness (QED) is 0.338. The number of hydrogen-bond donors (Lipinski definition) is 5. The van der Waals surface area contributed by atoms with Gasteiger partial charge in [0, 0.05) is 12.6 Å². The summed E-state index contributed by atoms with van der Waals surface area (Å²) < 4.78 is 0. The number of nitrogens with one attached hydrogen (secondary N) is 1. The maximum Gasteiger partial charge on any atom is 0.109 e. The van der Waals surface area contributed by atoms with Crippen molar-refractivity contribution >= 4 is 0 Å². The van der Waals surface area contributed by atoms with E-state index in [1.165, 1.54) is 0 Å². The minimum absolute atomic E-state index is 0.190. The summed E-state index contributed by atoms with van der Waals surface area (Å²) in [6.45, 7) is 3.44. The number of rotatable bonds is 6. The molecule has 0 saturated carbocycles. The lowest BCUT2D eigenvalue weighted by molar-refractivity contribution is -0.0753. The Morgan fingerprint density at radius 2 is 1.62 bits per heavy atom. The van der Waals surface area contributed by atoms with E-state index >= 15 is 0 Å². The second-order valence-corrected chi connectivity index (χ2v) is 3.37. The summed E-state index contributed by atoms with van der Waals surface area (Å²) >= 11 is 0. The standard InChI is InChI=1S/C8H19NO4/c1-5(2)9-3-6(11)8(13)7(12)4-10/h5-13H,3-4H2,1-2H3. The van der Waals surface area contributed by atoms with Crippen molar-refractivity contribution in [3.8, 4) is 0 Å². The highest BCUT2D eigenvalue weighted by Crippen LogP contribution is 1.99. The Kier molecular flexibility index (Phi) is 6.19. The van der Waals surface area contributed by atoms with Gasteiger partial charge in [-0.25, -0.2) is 0 Å². The van der Waals surface area contributed by atoms with Crippen LogP contribution in [0.5, 0.6) is 0 Å². The van der Waals surface area contributed by atoms with Gasteiger partial charge in [-0.2, -0.15) is 0 Å². The molecule has 80 valence electrons. The Balaban J connectivity index is 3.74. The fraction of sp³-hybridized carbons (Fsp3) is 1.00. The average Bonchev–Trinajstić information content (AvgIpc) is 2.11. The molecule has 0 rings (SSSR count). The van der Waals surface area contributed by atoms with Crippen LogP contribution in [0, 0.1) is 0 Å². The van der Waals surface area contributed by atoms with Gasteiger partial charge < -0.3 is 25.7 Å². The lowest BCUT2D eigenvalue weighted by Crippen LogP contribution is -2.45. The van der Waals surface area contributed by atoms with Crippen molar-refractivity contribution in [2.45, 2.75) is 38.2 Å². The molecule has 0 aromatic rings. The Hall–Kier alpha value is -0.200. The fourth-order valence-corrected chi connectivity index (χ4v) is 0.842. The molecular weight excluding hydrogens is 174 g/mol. The van der Waals surface area contributed by atoms with Gasteiger partial charge in [-0.1, -0.05) is 13.8 Å². The van der Waals surface area contributed by atoms with Crippen molar-refractivity contribution in [1.82, 2.24) is 5.32 Å². The monoisotopic (exact) mass is 193 g/mol. The first-order valence-electron chi connectivity index (χ1n) is 4.37.